The highest BCUT2D eigenvalue weighted by Crippen LogP contribution is 2.29. The number of hydrogen-bond donors (Lipinski definition) is 1. The average Bonchev–Trinajstić information content (AvgIpc) is 2.80. The Morgan fingerprint density at radius 1 is 1.39 bits per heavy atom. The Labute approximate surface area is 115 Å². The number of imidazole rings is 1. The van der Waals surface area contributed by atoms with E-state index >= 15 is 0 Å². The Balaban J connectivity index is 2.26. The molecule has 0 aliphatic carbocycles. The Morgan fingerprint density at radius 2 is 2.17 bits per heavy atom. The van der Waals surface area contributed by atoms with E-state index < -0.39 is 0 Å². The molecule has 1 aromatic heterocycles. The minimum absolute atomic E-state index is 0.368. The molecule has 0 bridgehead atoms. The van der Waals surface area contributed by atoms with Crippen LogP contribution in [0.2, 0.25) is 0 Å². The van der Waals surface area contributed by atoms with E-state index in [0.29, 0.717) is 6.04 Å². The number of nitrogens with one attached hydrogen (secondary N) is 1. The number of aromatic nitrogens is 2. The first-order valence-electron chi connectivity index (χ1n) is 5.75. The monoisotopic (exact) mass is 309 g/mol. The molecule has 5 heteroatoms. The molecule has 0 radical (unpaired) electrons. The highest BCUT2D eigenvalue weighted by atomic mass is 79.9. The van der Waals surface area contributed by atoms with E-state index in [4.69, 9.17) is 4.74 Å². The third kappa shape index (κ3) is 2.67. The van der Waals surface area contributed by atoms with Crippen molar-refractivity contribution < 1.29 is 4.74 Å². The fraction of sp³-hybridized carbons (Fsp3) is 0.308. The molecule has 0 aliphatic rings. The van der Waals surface area contributed by atoms with Crippen molar-refractivity contribution in [3.8, 4) is 5.75 Å². The van der Waals surface area contributed by atoms with Crippen molar-refractivity contribution in [2.75, 3.05) is 12.4 Å². The zero-order valence-corrected chi connectivity index (χ0v) is 12.2. The van der Waals surface area contributed by atoms with Crippen LogP contribution < -0.4 is 10.1 Å². The van der Waals surface area contributed by atoms with Gasteiger partial charge in [0.25, 0.3) is 0 Å². The van der Waals surface area contributed by atoms with Crippen LogP contribution in [0, 0.1) is 0 Å². The van der Waals surface area contributed by atoms with Crippen LogP contribution in [0.1, 0.15) is 19.9 Å². The van der Waals surface area contributed by atoms with Gasteiger partial charge in [0.2, 0.25) is 5.95 Å². The van der Waals surface area contributed by atoms with Crippen LogP contribution in [0.3, 0.4) is 0 Å². The molecule has 0 atom stereocenters. The summed E-state index contributed by atoms with van der Waals surface area (Å²) in [6.45, 7) is 4.24. The third-order valence-corrected chi connectivity index (χ3v) is 3.29. The minimum Gasteiger partial charge on any atom is -0.495 e. The maximum absolute atomic E-state index is 5.27. The van der Waals surface area contributed by atoms with Gasteiger partial charge in [0.15, 0.2) is 0 Å². The predicted octanol–water partition coefficient (Wildman–Crippen LogP) is 3.98. The van der Waals surface area contributed by atoms with Crippen molar-refractivity contribution in [2.45, 2.75) is 19.9 Å². The van der Waals surface area contributed by atoms with Gasteiger partial charge in [-0.15, -0.1) is 0 Å². The summed E-state index contributed by atoms with van der Waals surface area (Å²) in [5.74, 6) is 1.62. The third-order valence-electron chi connectivity index (χ3n) is 2.63. The maximum Gasteiger partial charge on any atom is 0.207 e. The number of ether oxygens (including phenoxy) is 1. The normalized spacial score (nSPS) is 10.7. The van der Waals surface area contributed by atoms with Crippen molar-refractivity contribution in [1.29, 1.82) is 0 Å². The molecule has 2 rings (SSSR count). The summed E-state index contributed by atoms with van der Waals surface area (Å²) in [6.07, 6.45) is 3.75. The second-order valence-electron chi connectivity index (χ2n) is 4.23. The molecule has 96 valence electrons. The lowest BCUT2D eigenvalue weighted by Crippen LogP contribution is -2.05. The molecular formula is C13H16BrN3O. The zero-order valence-electron chi connectivity index (χ0n) is 10.6. The molecular weight excluding hydrogens is 294 g/mol. The fourth-order valence-electron chi connectivity index (χ4n) is 1.69. The zero-order chi connectivity index (χ0) is 13.1. The first-order chi connectivity index (χ1) is 8.61. The molecule has 0 saturated heterocycles. The second kappa shape index (κ2) is 5.44. The van der Waals surface area contributed by atoms with Crippen molar-refractivity contribution in [2.24, 2.45) is 0 Å². The van der Waals surface area contributed by atoms with E-state index in [1.807, 2.05) is 24.4 Å². The first-order valence-corrected chi connectivity index (χ1v) is 6.54. The van der Waals surface area contributed by atoms with Gasteiger partial charge in [0.1, 0.15) is 5.75 Å². The standard InChI is InChI=1S/C13H16BrN3O/c1-9(2)17-7-6-15-13(17)16-10-4-5-11(14)12(8-10)18-3/h4-9H,1-3H3,(H,15,16). The first kappa shape index (κ1) is 13.0. The molecule has 1 heterocycles. The van der Waals surface area contributed by atoms with Gasteiger partial charge in [-0.1, -0.05) is 0 Å². The van der Waals surface area contributed by atoms with Crippen LogP contribution in [-0.4, -0.2) is 16.7 Å². The number of methoxy groups -OCH3 is 1. The Morgan fingerprint density at radius 3 is 2.83 bits per heavy atom. The molecule has 0 unspecified atom stereocenters. The SMILES string of the molecule is COc1cc(Nc2nccn2C(C)C)ccc1Br. The summed E-state index contributed by atoms with van der Waals surface area (Å²) in [5.41, 5.74) is 0.947. The lowest BCUT2D eigenvalue weighted by molar-refractivity contribution is 0.412. The van der Waals surface area contributed by atoms with Crippen molar-refractivity contribution in [1.82, 2.24) is 9.55 Å². The minimum atomic E-state index is 0.368. The van der Waals surface area contributed by atoms with E-state index in [1.165, 1.54) is 0 Å². The second-order valence-corrected chi connectivity index (χ2v) is 5.08. The summed E-state index contributed by atoms with van der Waals surface area (Å²) in [4.78, 5) is 4.31. The molecule has 0 aliphatic heterocycles. The van der Waals surface area contributed by atoms with Gasteiger partial charge in [-0.25, -0.2) is 4.98 Å². The number of nitrogens with zero attached hydrogens (tertiary/aromatic N) is 2. The van der Waals surface area contributed by atoms with Gasteiger partial charge in [0.05, 0.1) is 11.6 Å². The van der Waals surface area contributed by atoms with Crippen LogP contribution in [0.5, 0.6) is 5.75 Å². The Hall–Kier alpha value is -1.49. The molecule has 1 N–H and O–H groups in total. The molecule has 4 nitrogen and oxygen atoms in total. The predicted molar refractivity (Wildman–Crippen MR) is 76.6 cm³/mol. The van der Waals surface area contributed by atoms with Crippen LogP contribution in [0.15, 0.2) is 35.1 Å². The number of halogens is 1. The summed E-state index contributed by atoms with van der Waals surface area (Å²) in [7, 11) is 1.65. The van der Waals surface area contributed by atoms with Gasteiger partial charge >= 0.3 is 0 Å². The fourth-order valence-corrected chi connectivity index (χ4v) is 2.10. The Kier molecular flexibility index (Phi) is 3.91. The van der Waals surface area contributed by atoms with Gasteiger partial charge in [-0.3, -0.25) is 0 Å². The van der Waals surface area contributed by atoms with Crippen molar-refractivity contribution >= 4 is 27.6 Å². The largest absolute Gasteiger partial charge is 0.495 e. The lowest BCUT2D eigenvalue weighted by Gasteiger charge is -2.13. The summed E-state index contributed by atoms with van der Waals surface area (Å²) in [5, 5.41) is 3.29. The Bertz CT molecular complexity index is 537. The smallest absolute Gasteiger partial charge is 0.207 e. The van der Waals surface area contributed by atoms with Gasteiger partial charge in [-0.05, 0) is 41.9 Å². The van der Waals surface area contributed by atoms with Crippen LogP contribution in [0.4, 0.5) is 11.6 Å². The molecule has 0 fully saturated rings. The van der Waals surface area contributed by atoms with Gasteiger partial charge in [0, 0.05) is 30.2 Å². The van der Waals surface area contributed by atoms with E-state index in [9.17, 15) is 0 Å². The molecule has 1 aromatic carbocycles. The van der Waals surface area contributed by atoms with Crippen LogP contribution in [-0.2, 0) is 0 Å². The molecule has 18 heavy (non-hydrogen) atoms. The molecule has 0 spiro atoms. The summed E-state index contributed by atoms with van der Waals surface area (Å²) >= 11 is 3.43. The molecule has 0 saturated carbocycles. The van der Waals surface area contributed by atoms with Crippen molar-refractivity contribution in [3.05, 3.63) is 35.1 Å². The topological polar surface area (TPSA) is 39.1 Å². The van der Waals surface area contributed by atoms with E-state index in [-0.39, 0.29) is 0 Å². The summed E-state index contributed by atoms with van der Waals surface area (Å²) < 4.78 is 8.28. The van der Waals surface area contributed by atoms with E-state index in [1.54, 1.807) is 13.3 Å². The van der Waals surface area contributed by atoms with Crippen molar-refractivity contribution in [3.63, 3.8) is 0 Å². The van der Waals surface area contributed by atoms with Crippen LogP contribution >= 0.6 is 15.9 Å². The summed E-state index contributed by atoms with van der Waals surface area (Å²) in [6, 6.07) is 6.23. The van der Waals surface area contributed by atoms with E-state index in [0.717, 1.165) is 21.9 Å². The number of anilines is 2. The van der Waals surface area contributed by atoms with Crippen LogP contribution in [0.25, 0.3) is 0 Å². The van der Waals surface area contributed by atoms with Gasteiger partial charge in [-0.2, -0.15) is 0 Å². The quantitative estimate of drug-likeness (QED) is 0.928. The number of hydrogen-bond acceptors (Lipinski definition) is 3. The molecule has 0 amide bonds. The average molecular weight is 310 g/mol. The van der Waals surface area contributed by atoms with Gasteiger partial charge < -0.3 is 14.6 Å². The lowest BCUT2D eigenvalue weighted by atomic mass is 10.3. The highest BCUT2D eigenvalue weighted by Gasteiger charge is 2.07. The highest BCUT2D eigenvalue weighted by molar-refractivity contribution is 9.10. The number of benzene rings is 1. The van der Waals surface area contributed by atoms with E-state index in [2.05, 4.69) is 44.6 Å². The number of rotatable bonds is 4. The maximum atomic E-state index is 5.27. The molecule has 2 aromatic rings.